The summed E-state index contributed by atoms with van der Waals surface area (Å²) in [5.74, 6) is 0. The molecule has 0 saturated carbocycles. The van der Waals surface area contributed by atoms with Crippen molar-refractivity contribution < 1.29 is 22.7 Å². The van der Waals surface area contributed by atoms with Crippen LogP contribution in [0.15, 0.2) is 35.7 Å². The van der Waals surface area contributed by atoms with Crippen molar-refractivity contribution in [1.29, 1.82) is 0 Å². The van der Waals surface area contributed by atoms with Gasteiger partial charge in [0.25, 0.3) is 0 Å². The smallest absolute Gasteiger partial charge is 0.379 e. The number of benzene rings is 1. The van der Waals surface area contributed by atoms with Gasteiger partial charge in [0.05, 0.1) is 0 Å². The molecule has 0 unspecified atom stereocenters. The third-order valence-electron chi connectivity index (χ3n) is 0.940. The highest BCUT2D eigenvalue weighted by atomic mass is 32.3. The maximum absolute atomic E-state index is 8.74. The average molecular weight is 237 g/mol. The number of nitrogens with zero attached hydrogens (tertiary/aromatic N) is 1. The lowest BCUT2D eigenvalue weighted by atomic mass is 10.2. The molecule has 0 saturated heterocycles. The topological polar surface area (TPSA) is 124 Å². The number of aryl methyl sites for hydroxylation is 1. The summed E-state index contributed by atoms with van der Waals surface area (Å²) in [6.45, 7) is 2.08. The second kappa shape index (κ2) is 9.06. The van der Waals surface area contributed by atoms with E-state index in [2.05, 4.69) is 19.1 Å². The molecule has 1 aromatic carbocycles. The van der Waals surface area contributed by atoms with Crippen LogP contribution in [0.3, 0.4) is 0 Å². The predicted molar refractivity (Wildman–Crippen MR) is 52.9 cm³/mol. The van der Waals surface area contributed by atoms with Crippen LogP contribution in [0.1, 0.15) is 5.56 Å². The standard InChI is InChI=1S/C7H8.HNO2.H2O4S/c1-7-5-3-2-4-6-7;2-1-3;1-5(2,3)4/h2-6H,1H3;(H,2,3);(H2,1,2,3,4). The van der Waals surface area contributed by atoms with Crippen LogP contribution in [0, 0.1) is 11.8 Å². The highest BCUT2D eigenvalue weighted by molar-refractivity contribution is 7.79. The summed E-state index contributed by atoms with van der Waals surface area (Å²) in [5.41, 5.74) is 1.32. The largest absolute Gasteiger partial charge is 0.394 e. The molecule has 86 valence electrons. The first kappa shape index (κ1) is 15.9. The fraction of sp³-hybridized carbons (Fsp3) is 0.143. The highest BCUT2D eigenvalue weighted by Gasteiger charge is 1.84. The summed E-state index contributed by atoms with van der Waals surface area (Å²) in [5, 5.41) is 7.89. The van der Waals surface area contributed by atoms with Gasteiger partial charge in [-0.1, -0.05) is 35.9 Å². The zero-order valence-corrected chi connectivity index (χ0v) is 8.63. The maximum atomic E-state index is 8.74. The SMILES string of the molecule is Cc1ccccc1.O=NO.O=S(=O)(O)O. The highest BCUT2D eigenvalue weighted by Crippen LogP contribution is 1.92. The molecule has 0 bridgehead atoms. The Labute approximate surface area is 86.9 Å². The van der Waals surface area contributed by atoms with Crippen molar-refractivity contribution in [3.8, 4) is 0 Å². The second-order valence-corrected chi connectivity index (χ2v) is 3.08. The van der Waals surface area contributed by atoms with E-state index in [4.69, 9.17) is 27.6 Å². The maximum Gasteiger partial charge on any atom is 0.394 e. The summed E-state index contributed by atoms with van der Waals surface area (Å²) in [6, 6.07) is 10.3. The minimum absolute atomic E-state index is 1.25. The van der Waals surface area contributed by atoms with Gasteiger partial charge in [0, 0.05) is 0 Å². The lowest BCUT2D eigenvalue weighted by Gasteiger charge is -1.82. The summed E-state index contributed by atoms with van der Waals surface area (Å²) < 4.78 is 31.6. The Morgan fingerprint density at radius 2 is 1.40 bits per heavy atom. The molecule has 0 atom stereocenters. The Hall–Kier alpha value is -1.51. The van der Waals surface area contributed by atoms with E-state index in [1.54, 1.807) is 0 Å². The molecule has 0 radical (unpaired) electrons. The van der Waals surface area contributed by atoms with Crippen molar-refractivity contribution in [2.45, 2.75) is 6.92 Å². The van der Waals surface area contributed by atoms with Crippen LogP contribution in [0.2, 0.25) is 0 Å². The fourth-order valence-electron chi connectivity index (χ4n) is 0.534. The molecule has 0 heterocycles. The van der Waals surface area contributed by atoms with Crippen LogP contribution in [-0.2, 0) is 10.4 Å². The lowest BCUT2D eigenvalue weighted by Crippen LogP contribution is -1.89. The van der Waals surface area contributed by atoms with Gasteiger partial charge in [0.15, 0.2) is 5.34 Å². The number of hydrogen-bond donors (Lipinski definition) is 3. The molecule has 0 aromatic heterocycles. The molecule has 0 fully saturated rings. The molecular weight excluding hydrogens is 226 g/mol. The predicted octanol–water partition coefficient (Wildman–Crippen LogP) is 1.48. The van der Waals surface area contributed by atoms with Crippen LogP contribution in [0.25, 0.3) is 0 Å². The van der Waals surface area contributed by atoms with Gasteiger partial charge in [-0.3, -0.25) is 9.11 Å². The van der Waals surface area contributed by atoms with Gasteiger partial charge in [-0.15, -0.1) is 4.91 Å². The Morgan fingerprint density at radius 3 is 1.53 bits per heavy atom. The molecule has 7 nitrogen and oxygen atoms in total. The van der Waals surface area contributed by atoms with Gasteiger partial charge in [-0.05, 0) is 6.92 Å². The zero-order chi connectivity index (χ0) is 12.3. The summed E-state index contributed by atoms with van der Waals surface area (Å²) in [4.78, 5) is 8.11. The monoisotopic (exact) mass is 237 g/mol. The van der Waals surface area contributed by atoms with Crippen LogP contribution in [-0.4, -0.2) is 22.7 Å². The van der Waals surface area contributed by atoms with Crippen molar-refractivity contribution >= 4 is 10.4 Å². The first-order valence-electron chi connectivity index (χ1n) is 3.49. The van der Waals surface area contributed by atoms with E-state index in [-0.39, 0.29) is 0 Å². The van der Waals surface area contributed by atoms with Crippen molar-refractivity contribution in [2.75, 3.05) is 0 Å². The van der Waals surface area contributed by atoms with Crippen molar-refractivity contribution in [3.63, 3.8) is 0 Å². The van der Waals surface area contributed by atoms with Gasteiger partial charge < -0.3 is 5.21 Å². The molecule has 15 heavy (non-hydrogen) atoms. The molecule has 0 spiro atoms. The summed E-state index contributed by atoms with van der Waals surface area (Å²) in [6.07, 6.45) is 0. The molecule has 8 heteroatoms. The Balaban J connectivity index is 0. The third kappa shape index (κ3) is 32.6. The third-order valence-corrected chi connectivity index (χ3v) is 0.940. The normalized spacial score (nSPS) is 8.73. The molecular formula is C7H11NO6S. The van der Waals surface area contributed by atoms with Crippen LogP contribution in [0.4, 0.5) is 0 Å². The van der Waals surface area contributed by atoms with E-state index in [1.807, 2.05) is 18.2 Å². The molecule has 0 aliphatic rings. The summed E-state index contributed by atoms with van der Waals surface area (Å²) in [7, 11) is -4.67. The second-order valence-electron chi connectivity index (χ2n) is 2.18. The van der Waals surface area contributed by atoms with E-state index in [0.717, 1.165) is 0 Å². The van der Waals surface area contributed by atoms with Crippen LogP contribution >= 0.6 is 0 Å². The fourth-order valence-corrected chi connectivity index (χ4v) is 0.534. The molecule has 3 N–H and O–H groups in total. The molecule has 0 aliphatic carbocycles. The van der Waals surface area contributed by atoms with Crippen LogP contribution in [0.5, 0.6) is 0 Å². The lowest BCUT2D eigenvalue weighted by molar-refractivity contribution is 0.312. The molecule has 0 aliphatic heterocycles. The Morgan fingerprint density at radius 1 is 1.13 bits per heavy atom. The molecule has 1 aromatic rings. The molecule has 1 rings (SSSR count). The van der Waals surface area contributed by atoms with Crippen molar-refractivity contribution in [1.82, 2.24) is 0 Å². The van der Waals surface area contributed by atoms with Gasteiger partial charge in [0.1, 0.15) is 0 Å². The van der Waals surface area contributed by atoms with E-state index < -0.39 is 10.4 Å². The van der Waals surface area contributed by atoms with Crippen molar-refractivity contribution in [2.24, 2.45) is 5.34 Å². The minimum atomic E-state index is -4.67. The van der Waals surface area contributed by atoms with E-state index in [9.17, 15) is 0 Å². The van der Waals surface area contributed by atoms with E-state index >= 15 is 0 Å². The van der Waals surface area contributed by atoms with Crippen LogP contribution < -0.4 is 0 Å². The van der Waals surface area contributed by atoms with E-state index in [1.165, 1.54) is 10.9 Å². The van der Waals surface area contributed by atoms with Gasteiger partial charge >= 0.3 is 10.4 Å². The zero-order valence-electron chi connectivity index (χ0n) is 7.81. The van der Waals surface area contributed by atoms with Gasteiger partial charge in [-0.2, -0.15) is 8.42 Å². The minimum Gasteiger partial charge on any atom is -0.379 e. The van der Waals surface area contributed by atoms with Crippen molar-refractivity contribution in [3.05, 3.63) is 40.8 Å². The van der Waals surface area contributed by atoms with Gasteiger partial charge in [-0.25, -0.2) is 0 Å². The Bertz CT molecular complexity index is 341. The quantitative estimate of drug-likeness (QED) is 0.356. The van der Waals surface area contributed by atoms with E-state index in [0.29, 0.717) is 0 Å². The number of hydrogen-bond acceptors (Lipinski definition) is 4. The first-order valence-corrected chi connectivity index (χ1v) is 4.89. The molecule has 0 amide bonds. The average Bonchev–Trinajstić information content (AvgIpc) is 2.03. The summed E-state index contributed by atoms with van der Waals surface area (Å²) >= 11 is 0. The Kier molecular flexibility index (Phi) is 9.63. The van der Waals surface area contributed by atoms with Gasteiger partial charge in [0.2, 0.25) is 0 Å². The number of rotatable bonds is 0. The first-order chi connectivity index (χ1) is 6.81.